The number of halogens is 2. The Hall–Kier alpha value is -3.52. The van der Waals surface area contributed by atoms with Crippen molar-refractivity contribution < 1.29 is 8.78 Å². The normalized spacial score (nSPS) is 12.9. The molecule has 8 heteroatoms. The average molecular weight is 482 g/mol. The molecule has 1 aromatic carbocycles. The molecular weight excluding hydrogens is 448 g/mol. The van der Waals surface area contributed by atoms with Crippen molar-refractivity contribution in [3.63, 3.8) is 0 Å². The second-order valence-corrected chi connectivity index (χ2v) is 9.36. The van der Waals surface area contributed by atoms with Crippen LogP contribution < -0.4 is 11.3 Å². The van der Waals surface area contributed by atoms with E-state index in [1.54, 1.807) is 0 Å². The summed E-state index contributed by atoms with van der Waals surface area (Å²) < 4.78 is 30.0. The monoisotopic (exact) mass is 481 g/mol. The first kappa shape index (κ1) is 26.1. The fraction of sp³-hybridized carbons (Fsp3) is 0.333. The van der Waals surface area contributed by atoms with Crippen LogP contribution in [0.2, 0.25) is 0 Å². The van der Waals surface area contributed by atoms with Gasteiger partial charge in [-0.05, 0) is 69.5 Å². The molecule has 35 heavy (non-hydrogen) atoms. The smallest absolute Gasteiger partial charge is 0.268 e. The lowest BCUT2D eigenvalue weighted by Gasteiger charge is -2.17. The van der Waals surface area contributed by atoms with E-state index >= 15 is 0 Å². The number of pyridine rings is 1. The van der Waals surface area contributed by atoms with Crippen LogP contribution in [0.25, 0.3) is 22.2 Å². The van der Waals surface area contributed by atoms with E-state index in [9.17, 15) is 13.6 Å². The van der Waals surface area contributed by atoms with E-state index in [-0.39, 0.29) is 11.2 Å². The number of nitrogens with one attached hydrogen (secondary N) is 1. The maximum atomic E-state index is 14.5. The summed E-state index contributed by atoms with van der Waals surface area (Å²) in [5.74, 6) is -1.19. The number of allylic oxidation sites excluding steroid dienone is 4. The molecule has 2 aromatic heterocycles. The molecular formula is C27H33F2N5O. The van der Waals surface area contributed by atoms with Crippen LogP contribution >= 0.6 is 0 Å². The molecule has 0 aliphatic rings. The molecule has 0 bridgehead atoms. The molecule has 0 fully saturated rings. The van der Waals surface area contributed by atoms with Crippen molar-refractivity contribution in [2.75, 3.05) is 26.4 Å². The van der Waals surface area contributed by atoms with Gasteiger partial charge >= 0.3 is 0 Å². The Morgan fingerprint density at radius 2 is 1.94 bits per heavy atom. The summed E-state index contributed by atoms with van der Waals surface area (Å²) in [4.78, 5) is 15.3. The van der Waals surface area contributed by atoms with E-state index in [1.165, 1.54) is 12.3 Å². The highest BCUT2D eigenvalue weighted by atomic mass is 19.1. The highest BCUT2D eigenvalue weighted by molar-refractivity contribution is 5.97. The van der Waals surface area contributed by atoms with Crippen LogP contribution in [0.15, 0.2) is 59.6 Å². The first-order valence-electron chi connectivity index (χ1n) is 11.5. The number of benzene rings is 1. The summed E-state index contributed by atoms with van der Waals surface area (Å²) in [6.07, 6.45) is 6.17. The molecule has 0 radical (unpaired) electrons. The molecule has 0 aliphatic carbocycles. The number of fused-ring (bicyclic) bond motifs is 1. The zero-order valence-corrected chi connectivity index (χ0v) is 20.8. The third-order valence-electron chi connectivity index (χ3n) is 6.08. The molecule has 6 nitrogen and oxygen atoms in total. The SMILES string of the molecule is C=C(CCC[C@@H](C)CN(C)C)/C(C)=C/C(=C)c1cn(-c2c(F)cccc2F)c(=O)c2c(N)n[nH]c12. The third-order valence-corrected chi connectivity index (χ3v) is 6.08. The van der Waals surface area contributed by atoms with Gasteiger partial charge in [-0.25, -0.2) is 8.78 Å². The largest absolute Gasteiger partial charge is 0.382 e. The van der Waals surface area contributed by atoms with Gasteiger partial charge in [0.25, 0.3) is 5.56 Å². The topological polar surface area (TPSA) is 79.9 Å². The van der Waals surface area contributed by atoms with Crippen molar-refractivity contribution >= 4 is 22.3 Å². The van der Waals surface area contributed by atoms with E-state index in [2.05, 4.69) is 49.3 Å². The molecule has 186 valence electrons. The molecule has 3 aromatic rings. The third kappa shape index (κ3) is 5.77. The van der Waals surface area contributed by atoms with Gasteiger partial charge in [0.05, 0.1) is 5.52 Å². The average Bonchev–Trinajstić information content (AvgIpc) is 3.16. The second kappa shape index (κ2) is 10.8. The number of aromatic nitrogens is 3. The number of para-hydroxylation sites is 1. The summed E-state index contributed by atoms with van der Waals surface area (Å²) >= 11 is 0. The molecule has 0 saturated carbocycles. The molecule has 0 amide bonds. The zero-order valence-electron chi connectivity index (χ0n) is 20.8. The lowest BCUT2D eigenvalue weighted by Crippen LogP contribution is -2.21. The van der Waals surface area contributed by atoms with Crippen LogP contribution in [-0.2, 0) is 0 Å². The van der Waals surface area contributed by atoms with Gasteiger partial charge in [-0.15, -0.1) is 0 Å². The fourth-order valence-electron chi connectivity index (χ4n) is 4.29. The predicted molar refractivity (Wildman–Crippen MR) is 140 cm³/mol. The molecule has 0 spiro atoms. The molecule has 0 saturated heterocycles. The van der Waals surface area contributed by atoms with Gasteiger partial charge in [-0.3, -0.25) is 14.5 Å². The fourth-order valence-corrected chi connectivity index (χ4v) is 4.29. The van der Waals surface area contributed by atoms with Crippen molar-refractivity contribution in [1.82, 2.24) is 19.7 Å². The quantitative estimate of drug-likeness (QED) is 0.377. The van der Waals surface area contributed by atoms with Crippen molar-refractivity contribution in [2.45, 2.75) is 33.1 Å². The molecule has 3 N–H and O–H groups in total. The van der Waals surface area contributed by atoms with Gasteiger partial charge in [0.15, 0.2) is 5.82 Å². The Bertz CT molecular complexity index is 1330. The van der Waals surface area contributed by atoms with Crippen molar-refractivity contribution in [1.29, 1.82) is 0 Å². The Morgan fingerprint density at radius 3 is 2.57 bits per heavy atom. The maximum absolute atomic E-state index is 14.5. The van der Waals surface area contributed by atoms with Crippen molar-refractivity contribution in [3.8, 4) is 5.69 Å². The van der Waals surface area contributed by atoms with Gasteiger partial charge in [0, 0.05) is 18.3 Å². The van der Waals surface area contributed by atoms with E-state index < -0.39 is 22.9 Å². The summed E-state index contributed by atoms with van der Waals surface area (Å²) in [5.41, 5.74) is 8.03. The first-order valence-corrected chi connectivity index (χ1v) is 11.5. The standard InChI is InChI=1S/C27H33F2N5O/c1-16(14-33(5)6)9-7-10-17(2)18(3)13-19(4)20-15-34(25-21(28)11-8-12-22(25)29)27(35)23-24(20)31-32-26(23)30/h8,11-13,15-16H,2,4,7,9-10,14H2,1,3,5-6H3,(H3,30,31,32)/b18-13+/t16-/m1/s1. The number of anilines is 1. The number of nitrogen functional groups attached to an aromatic ring is 1. The molecule has 0 unspecified atom stereocenters. The second-order valence-electron chi connectivity index (χ2n) is 9.36. The molecule has 2 heterocycles. The first-order chi connectivity index (χ1) is 16.5. The summed E-state index contributed by atoms with van der Waals surface area (Å²) in [6, 6.07) is 3.42. The predicted octanol–water partition coefficient (Wildman–Crippen LogP) is 5.46. The highest BCUT2D eigenvalue weighted by Crippen LogP contribution is 2.28. The Labute approximate surface area is 204 Å². The van der Waals surface area contributed by atoms with Crippen LogP contribution in [0.5, 0.6) is 0 Å². The summed E-state index contributed by atoms with van der Waals surface area (Å²) in [5, 5.41) is 6.75. The maximum Gasteiger partial charge on any atom is 0.268 e. The Balaban J connectivity index is 1.94. The molecule has 1 atom stereocenters. The van der Waals surface area contributed by atoms with Crippen LogP contribution in [0.3, 0.4) is 0 Å². The minimum atomic E-state index is -0.867. The van der Waals surface area contributed by atoms with Crippen LogP contribution in [0, 0.1) is 17.6 Å². The Kier molecular flexibility index (Phi) is 8.07. The number of rotatable bonds is 10. The van der Waals surface area contributed by atoms with Crippen LogP contribution in [0.1, 0.15) is 38.7 Å². The minimum Gasteiger partial charge on any atom is -0.382 e. The lowest BCUT2D eigenvalue weighted by atomic mass is 9.96. The molecule has 3 rings (SSSR count). The number of nitrogens with zero attached hydrogens (tertiary/aromatic N) is 3. The number of nitrogens with two attached hydrogens (primary N) is 1. The van der Waals surface area contributed by atoms with E-state index in [0.29, 0.717) is 22.6 Å². The number of hydrogen-bond donors (Lipinski definition) is 2. The van der Waals surface area contributed by atoms with Gasteiger partial charge in [-0.2, -0.15) is 5.10 Å². The van der Waals surface area contributed by atoms with E-state index in [0.717, 1.165) is 53.7 Å². The number of hydrogen-bond acceptors (Lipinski definition) is 4. The Morgan fingerprint density at radius 1 is 1.29 bits per heavy atom. The van der Waals surface area contributed by atoms with Gasteiger partial charge in [-0.1, -0.05) is 37.8 Å². The highest BCUT2D eigenvalue weighted by Gasteiger charge is 2.20. The van der Waals surface area contributed by atoms with Gasteiger partial charge in [0.2, 0.25) is 0 Å². The molecule has 0 aliphatic heterocycles. The van der Waals surface area contributed by atoms with E-state index in [4.69, 9.17) is 5.73 Å². The zero-order chi connectivity index (χ0) is 25.9. The minimum absolute atomic E-state index is 0.0473. The van der Waals surface area contributed by atoms with Gasteiger partial charge < -0.3 is 10.6 Å². The van der Waals surface area contributed by atoms with Gasteiger partial charge in [0.1, 0.15) is 22.7 Å². The summed E-state index contributed by atoms with van der Waals surface area (Å²) in [6.45, 7) is 13.6. The summed E-state index contributed by atoms with van der Waals surface area (Å²) in [7, 11) is 4.14. The lowest BCUT2D eigenvalue weighted by molar-refractivity contribution is 0.324. The number of aromatic amines is 1. The van der Waals surface area contributed by atoms with Crippen LogP contribution in [-0.4, -0.2) is 40.3 Å². The van der Waals surface area contributed by atoms with Crippen molar-refractivity contribution in [3.05, 3.63) is 82.3 Å². The van der Waals surface area contributed by atoms with Crippen LogP contribution in [0.4, 0.5) is 14.6 Å². The van der Waals surface area contributed by atoms with Crippen molar-refractivity contribution in [2.24, 2.45) is 5.92 Å². The van der Waals surface area contributed by atoms with E-state index in [1.807, 2.05) is 13.0 Å². The number of H-pyrrole nitrogens is 1.